The molecule has 0 bridgehead atoms. The van der Waals surface area contributed by atoms with Gasteiger partial charge < -0.3 is 0 Å². The number of alkyl halides is 1. The standard InChI is InChI=1S/C7H5Cl2I/c8-4-5-2-1-3-6(10)7(5)9/h1-3H,4H2. The van der Waals surface area contributed by atoms with Crippen molar-refractivity contribution in [1.82, 2.24) is 0 Å². The minimum absolute atomic E-state index is 0.482. The summed E-state index contributed by atoms with van der Waals surface area (Å²) in [4.78, 5) is 0. The molecule has 0 aliphatic heterocycles. The lowest BCUT2D eigenvalue weighted by Gasteiger charge is -1.99. The summed E-state index contributed by atoms with van der Waals surface area (Å²) >= 11 is 13.7. The first-order chi connectivity index (χ1) is 4.75. The maximum absolute atomic E-state index is 5.90. The van der Waals surface area contributed by atoms with Crippen LogP contribution in [-0.2, 0) is 5.88 Å². The number of hydrogen-bond donors (Lipinski definition) is 0. The summed E-state index contributed by atoms with van der Waals surface area (Å²) in [5, 5.41) is 0.776. The molecule has 0 aliphatic rings. The van der Waals surface area contributed by atoms with Crippen molar-refractivity contribution in [3.8, 4) is 0 Å². The van der Waals surface area contributed by atoms with Crippen LogP contribution < -0.4 is 0 Å². The van der Waals surface area contributed by atoms with E-state index in [4.69, 9.17) is 23.2 Å². The molecule has 0 nitrogen and oxygen atoms in total. The quantitative estimate of drug-likeness (QED) is 0.546. The summed E-state index contributed by atoms with van der Waals surface area (Å²) in [7, 11) is 0. The minimum Gasteiger partial charge on any atom is -0.121 e. The molecule has 10 heavy (non-hydrogen) atoms. The van der Waals surface area contributed by atoms with E-state index in [1.807, 2.05) is 18.2 Å². The molecule has 0 saturated carbocycles. The van der Waals surface area contributed by atoms with E-state index < -0.39 is 0 Å². The van der Waals surface area contributed by atoms with Crippen molar-refractivity contribution in [2.24, 2.45) is 0 Å². The van der Waals surface area contributed by atoms with Crippen molar-refractivity contribution in [2.45, 2.75) is 5.88 Å². The minimum atomic E-state index is 0.482. The molecule has 0 amide bonds. The predicted molar refractivity (Wildman–Crippen MR) is 53.7 cm³/mol. The average Bonchev–Trinajstić information content (AvgIpc) is 1.95. The van der Waals surface area contributed by atoms with Gasteiger partial charge in [0.1, 0.15) is 0 Å². The number of halogens is 3. The van der Waals surface area contributed by atoms with Gasteiger partial charge in [-0.05, 0) is 34.2 Å². The largest absolute Gasteiger partial charge is 0.121 e. The molecule has 3 heteroatoms. The molecule has 0 saturated heterocycles. The first-order valence-electron chi connectivity index (χ1n) is 2.74. The maximum Gasteiger partial charge on any atom is 0.0583 e. The Labute approximate surface area is 83.7 Å². The zero-order valence-corrected chi connectivity index (χ0v) is 8.74. The van der Waals surface area contributed by atoms with E-state index in [2.05, 4.69) is 22.6 Å². The zero-order chi connectivity index (χ0) is 7.56. The zero-order valence-electron chi connectivity index (χ0n) is 5.07. The van der Waals surface area contributed by atoms with E-state index >= 15 is 0 Å². The van der Waals surface area contributed by atoms with Crippen LogP contribution in [0.5, 0.6) is 0 Å². The monoisotopic (exact) mass is 286 g/mol. The fourth-order valence-electron chi connectivity index (χ4n) is 0.652. The third kappa shape index (κ3) is 1.77. The van der Waals surface area contributed by atoms with Crippen molar-refractivity contribution >= 4 is 45.8 Å². The molecule has 0 aromatic heterocycles. The van der Waals surface area contributed by atoms with Crippen LogP contribution in [0.15, 0.2) is 18.2 Å². The summed E-state index contributed by atoms with van der Waals surface area (Å²) < 4.78 is 1.05. The lowest BCUT2D eigenvalue weighted by atomic mass is 10.2. The summed E-state index contributed by atoms with van der Waals surface area (Å²) in [6.45, 7) is 0. The SMILES string of the molecule is ClCc1cccc(I)c1Cl. The molecule has 0 heterocycles. The van der Waals surface area contributed by atoms with Crippen LogP contribution in [0.25, 0.3) is 0 Å². The number of hydrogen-bond acceptors (Lipinski definition) is 0. The van der Waals surface area contributed by atoms with Crippen LogP contribution in [0.2, 0.25) is 5.02 Å². The molecule has 0 aliphatic carbocycles. The summed E-state index contributed by atoms with van der Waals surface area (Å²) in [5.74, 6) is 0.482. The lowest BCUT2D eigenvalue weighted by molar-refractivity contribution is 1.39. The second-order valence-electron chi connectivity index (χ2n) is 1.85. The van der Waals surface area contributed by atoms with Crippen molar-refractivity contribution in [2.75, 3.05) is 0 Å². The second kappa shape index (κ2) is 3.79. The van der Waals surface area contributed by atoms with Gasteiger partial charge >= 0.3 is 0 Å². The Morgan fingerprint density at radius 3 is 2.60 bits per heavy atom. The molecule has 0 spiro atoms. The van der Waals surface area contributed by atoms with E-state index in [0.29, 0.717) is 5.88 Å². The molecular weight excluding hydrogens is 282 g/mol. The van der Waals surface area contributed by atoms with Crippen molar-refractivity contribution in [3.05, 3.63) is 32.4 Å². The van der Waals surface area contributed by atoms with Gasteiger partial charge in [0.05, 0.1) is 5.02 Å². The van der Waals surface area contributed by atoms with Gasteiger partial charge in [0.25, 0.3) is 0 Å². The molecule has 0 fully saturated rings. The highest BCUT2D eigenvalue weighted by Gasteiger charge is 2.00. The molecular formula is C7H5Cl2I. The smallest absolute Gasteiger partial charge is 0.0583 e. The molecule has 0 N–H and O–H groups in total. The van der Waals surface area contributed by atoms with Crippen molar-refractivity contribution < 1.29 is 0 Å². The molecule has 1 aromatic rings. The average molecular weight is 287 g/mol. The Balaban J connectivity index is 3.14. The summed E-state index contributed by atoms with van der Waals surface area (Å²) in [6.07, 6.45) is 0. The number of rotatable bonds is 1. The van der Waals surface area contributed by atoms with Gasteiger partial charge in [0.15, 0.2) is 0 Å². The summed E-state index contributed by atoms with van der Waals surface area (Å²) in [6, 6.07) is 5.84. The van der Waals surface area contributed by atoms with Gasteiger partial charge in [0, 0.05) is 9.45 Å². The van der Waals surface area contributed by atoms with Crippen LogP contribution in [-0.4, -0.2) is 0 Å². The Bertz CT molecular complexity index is 235. The molecule has 0 radical (unpaired) electrons. The molecule has 1 aromatic carbocycles. The van der Waals surface area contributed by atoms with E-state index in [9.17, 15) is 0 Å². The van der Waals surface area contributed by atoms with Crippen molar-refractivity contribution in [3.63, 3.8) is 0 Å². The Kier molecular flexibility index (Phi) is 3.27. The highest BCUT2D eigenvalue weighted by Crippen LogP contribution is 2.23. The van der Waals surface area contributed by atoms with E-state index in [0.717, 1.165) is 14.2 Å². The van der Waals surface area contributed by atoms with Crippen LogP contribution in [0.1, 0.15) is 5.56 Å². The maximum atomic E-state index is 5.90. The Morgan fingerprint density at radius 1 is 1.40 bits per heavy atom. The van der Waals surface area contributed by atoms with E-state index in [-0.39, 0.29) is 0 Å². The Hall–Kier alpha value is 0.530. The van der Waals surface area contributed by atoms with E-state index in [1.54, 1.807) is 0 Å². The molecule has 0 unspecified atom stereocenters. The first-order valence-corrected chi connectivity index (χ1v) is 4.73. The molecule has 54 valence electrons. The lowest BCUT2D eigenvalue weighted by Crippen LogP contribution is -1.81. The van der Waals surface area contributed by atoms with Gasteiger partial charge in [-0.3, -0.25) is 0 Å². The predicted octanol–water partition coefficient (Wildman–Crippen LogP) is 3.68. The van der Waals surface area contributed by atoms with Gasteiger partial charge in [0.2, 0.25) is 0 Å². The molecule has 0 atom stereocenters. The van der Waals surface area contributed by atoms with E-state index in [1.165, 1.54) is 0 Å². The van der Waals surface area contributed by atoms with Gasteiger partial charge in [-0.1, -0.05) is 23.7 Å². The highest BCUT2D eigenvalue weighted by molar-refractivity contribution is 14.1. The second-order valence-corrected chi connectivity index (χ2v) is 3.65. The Morgan fingerprint density at radius 2 is 2.10 bits per heavy atom. The number of benzene rings is 1. The van der Waals surface area contributed by atoms with Crippen LogP contribution in [0.3, 0.4) is 0 Å². The third-order valence-electron chi connectivity index (χ3n) is 1.18. The topological polar surface area (TPSA) is 0 Å². The van der Waals surface area contributed by atoms with Crippen LogP contribution in [0.4, 0.5) is 0 Å². The highest BCUT2D eigenvalue weighted by atomic mass is 127. The van der Waals surface area contributed by atoms with Gasteiger partial charge in [-0.2, -0.15) is 0 Å². The summed E-state index contributed by atoms with van der Waals surface area (Å²) in [5.41, 5.74) is 0.996. The van der Waals surface area contributed by atoms with Crippen molar-refractivity contribution in [1.29, 1.82) is 0 Å². The fourth-order valence-corrected chi connectivity index (χ4v) is 1.69. The van der Waals surface area contributed by atoms with Crippen LogP contribution >= 0.6 is 45.8 Å². The van der Waals surface area contributed by atoms with Gasteiger partial charge in [-0.25, -0.2) is 0 Å². The van der Waals surface area contributed by atoms with Crippen LogP contribution in [0, 0.1) is 3.57 Å². The first kappa shape index (κ1) is 8.62. The van der Waals surface area contributed by atoms with Gasteiger partial charge in [-0.15, -0.1) is 11.6 Å². The normalized spacial score (nSPS) is 9.90. The molecule has 1 rings (SSSR count). The third-order valence-corrected chi connectivity index (χ3v) is 3.13. The fraction of sp³-hybridized carbons (Fsp3) is 0.143.